The van der Waals surface area contributed by atoms with Crippen LogP contribution in [-0.4, -0.2) is 34.7 Å². The molecule has 0 bridgehead atoms. The first kappa shape index (κ1) is 14.3. The van der Waals surface area contributed by atoms with E-state index in [4.69, 9.17) is 9.84 Å². The number of carbonyl (C=O) groups is 1. The van der Waals surface area contributed by atoms with Gasteiger partial charge in [-0.05, 0) is 33.6 Å². The maximum Gasteiger partial charge on any atom is 0.322 e. The van der Waals surface area contributed by atoms with Crippen LogP contribution in [0.5, 0.6) is 5.75 Å². The van der Waals surface area contributed by atoms with Crippen molar-refractivity contribution in [3.8, 4) is 16.9 Å². The quantitative estimate of drug-likeness (QED) is 0.871. The average molecular weight is 338 g/mol. The average Bonchev–Trinajstić information content (AvgIpc) is 2.45. The molecular formula is C13H12BrN3O3. The third kappa shape index (κ3) is 3.45. The molecule has 2 aromatic rings. The molecule has 0 spiro atoms. The largest absolute Gasteiger partial charge is 0.496 e. The summed E-state index contributed by atoms with van der Waals surface area (Å²) in [6.45, 7) is -0.215. The molecule has 0 atom stereocenters. The second-order valence-corrected chi connectivity index (χ2v) is 4.75. The number of nitrogens with zero attached hydrogens (tertiary/aromatic N) is 2. The lowest BCUT2D eigenvalue weighted by Crippen LogP contribution is -2.14. The van der Waals surface area contributed by atoms with Crippen molar-refractivity contribution < 1.29 is 14.6 Å². The van der Waals surface area contributed by atoms with Gasteiger partial charge in [-0.3, -0.25) is 4.79 Å². The van der Waals surface area contributed by atoms with Gasteiger partial charge in [-0.1, -0.05) is 6.07 Å². The molecule has 0 aliphatic rings. The summed E-state index contributed by atoms with van der Waals surface area (Å²) in [6, 6.07) is 5.64. The highest BCUT2D eigenvalue weighted by Crippen LogP contribution is 2.30. The zero-order valence-corrected chi connectivity index (χ0v) is 12.2. The Labute approximate surface area is 124 Å². The Morgan fingerprint density at radius 3 is 2.60 bits per heavy atom. The molecule has 0 unspecified atom stereocenters. The molecule has 7 heteroatoms. The van der Waals surface area contributed by atoms with E-state index in [2.05, 4.69) is 31.2 Å². The van der Waals surface area contributed by atoms with Crippen LogP contribution >= 0.6 is 15.9 Å². The standard InChI is InChI=1S/C13H12BrN3O3/c1-20-11-3-2-8(4-10(11)14)9-5-15-13(16-6-9)17-7-12(18)19/h2-6H,7H2,1H3,(H,18,19)(H,15,16,17). The van der Waals surface area contributed by atoms with Crippen LogP contribution in [0.2, 0.25) is 0 Å². The van der Waals surface area contributed by atoms with E-state index < -0.39 is 5.97 Å². The van der Waals surface area contributed by atoms with Crippen molar-refractivity contribution in [2.45, 2.75) is 0 Å². The van der Waals surface area contributed by atoms with Crippen LogP contribution in [0, 0.1) is 0 Å². The fraction of sp³-hybridized carbons (Fsp3) is 0.154. The van der Waals surface area contributed by atoms with E-state index in [-0.39, 0.29) is 12.5 Å². The maximum absolute atomic E-state index is 10.4. The molecule has 104 valence electrons. The first-order chi connectivity index (χ1) is 9.60. The Hall–Kier alpha value is -2.15. The van der Waals surface area contributed by atoms with Crippen LogP contribution < -0.4 is 10.1 Å². The van der Waals surface area contributed by atoms with Gasteiger partial charge in [0.15, 0.2) is 0 Å². The first-order valence-corrected chi connectivity index (χ1v) is 6.51. The van der Waals surface area contributed by atoms with Gasteiger partial charge in [0.1, 0.15) is 12.3 Å². The fourth-order valence-corrected chi connectivity index (χ4v) is 2.11. The molecule has 20 heavy (non-hydrogen) atoms. The summed E-state index contributed by atoms with van der Waals surface area (Å²) in [4.78, 5) is 18.6. The number of halogens is 1. The highest BCUT2D eigenvalue weighted by molar-refractivity contribution is 9.10. The molecule has 6 nitrogen and oxygen atoms in total. The van der Waals surface area contributed by atoms with E-state index in [9.17, 15) is 4.79 Å². The minimum Gasteiger partial charge on any atom is -0.496 e. The number of aliphatic carboxylic acids is 1. The Morgan fingerprint density at radius 2 is 2.05 bits per heavy atom. The van der Waals surface area contributed by atoms with Crippen molar-refractivity contribution in [3.63, 3.8) is 0 Å². The summed E-state index contributed by atoms with van der Waals surface area (Å²) in [6.07, 6.45) is 3.26. The molecule has 0 aliphatic carbocycles. The molecule has 2 rings (SSSR count). The second-order valence-electron chi connectivity index (χ2n) is 3.89. The smallest absolute Gasteiger partial charge is 0.322 e. The van der Waals surface area contributed by atoms with Gasteiger partial charge in [0.2, 0.25) is 5.95 Å². The predicted octanol–water partition coefficient (Wildman–Crippen LogP) is 2.41. The molecule has 1 aromatic heterocycles. The first-order valence-electron chi connectivity index (χ1n) is 5.72. The number of hydrogen-bond donors (Lipinski definition) is 2. The summed E-state index contributed by atoms with van der Waals surface area (Å²) < 4.78 is 6.00. The number of carboxylic acid groups (broad SMARTS) is 1. The van der Waals surface area contributed by atoms with Gasteiger partial charge >= 0.3 is 5.97 Å². The zero-order chi connectivity index (χ0) is 14.5. The van der Waals surface area contributed by atoms with E-state index in [1.807, 2.05) is 18.2 Å². The molecule has 0 saturated carbocycles. The van der Waals surface area contributed by atoms with Gasteiger partial charge in [-0.2, -0.15) is 0 Å². The van der Waals surface area contributed by atoms with Gasteiger partial charge in [-0.25, -0.2) is 9.97 Å². The monoisotopic (exact) mass is 337 g/mol. The zero-order valence-electron chi connectivity index (χ0n) is 10.6. The van der Waals surface area contributed by atoms with Crippen molar-refractivity contribution in [2.24, 2.45) is 0 Å². The summed E-state index contributed by atoms with van der Waals surface area (Å²) in [5, 5.41) is 11.2. The minimum atomic E-state index is -0.961. The Bertz CT molecular complexity index is 617. The molecule has 2 N–H and O–H groups in total. The maximum atomic E-state index is 10.4. The van der Waals surface area contributed by atoms with Crippen molar-refractivity contribution in [2.75, 3.05) is 19.0 Å². The van der Waals surface area contributed by atoms with Crippen LogP contribution in [0.3, 0.4) is 0 Å². The molecule has 0 amide bonds. The van der Waals surface area contributed by atoms with Crippen LogP contribution in [0.1, 0.15) is 0 Å². The predicted molar refractivity (Wildman–Crippen MR) is 77.8 cm³/mol. The SMILES string of the molecule is COc1ccc(-c2cnc(NCC(=O)O)nc2)cc1Br. The number of anilines is 1. The number of rotatable bonds is 5. The van der Waals surface area contributed by atoms with E-state index >= 15 is 0 Å². The lowest BCUT2D eigenvalue weighted by atomic mass is 10.1. The van der Waals surface area contributed by atoms with Crippen molar-refractivity contribution in [1.29, 1.82) is 0 Å². The van der Waals surface area contributed by atoms with Crippen LogP contribution in [0.4, 0.5) is 5.95 Å². The molecule has 0 aliphatic heterocycles. The van der Waals surface area contributed by atoms with Crippen molar-refractivity contribution >= 4 is 27.8 Å². The molecule has 0 radical (unpaired) electrons. The lowest BCUT2D eigenvalue weighted by Gasteiger charge is -2.07. The van der Waals surface area contributed by atoms with Crippen molar-refractivity contribution in [3.05, 3.63) is 35.1 Å². The van der Waals surface area contributed by atoms with Gasteiger partial charge < -0.3 is 15.2 Å². The van der Waals surface area contributed by atoms with Crippen LogP contribution in [0.25, 0.3) is 11.1 Å². The van der Waals surface area contributed by atoms with E-state index in [0.717, 1.165) is 21.3 Å². The number of hydrogen-bond acceptors (Lipinski definition) is 5. The highest BCUT2D eigenvalue weighted by atomic mass is 79.9. The second kappa shape index (κ2) is 6.33. The summed E-state index contributed by atoms with van der Waals surface area (Å²) in [7, 11) is 1.60. The Balaban J connectivity index is 2.17. The molecular weight excluding hydrogens is 326 g/mol. The number of methoxy groups -OCH3 is 1. The van der Waals surface area contributed by atoms with Gasteiger partial charge in [-0.15, -0.1) is 0 Å². The van der Waals surface area contributed by atoms with Crippen LogP contribution in [-0.2, 0) is 4.79 Å². The Kier molecular flexibility index (Phi) is 4.52. The molecule has 0 fully saturated rings. The lowest BCUT2D eigenvalue weighted by molar-refractivity contribution is -0.134. The van der Waals surface area contributed by atoms with E-state index in [1.165, 1.54) is 0 Å². The topological polar surface area (TPSA) is 84.3 Å². The number of aromatic nitrogens is 2. The minimum absolute atomic E-state index is 0.215. The molecule has 1 aromatic carbocycles. The number of benzene rings is 1. The van der Waals surface area contributed by atoms with Gasteiger partial charge in [0.05, 0.1) is 11.6 Å². The Morgan fingerprint density at radius 1 is 1.35 bits per heavy atom. The van der Waals surface area contributed by atoms with E-state index in [1.54, 1.807) is 19.5 Å². The fourth-order valence-electron chi connectivity index (χ4n) is 1.57. The number of carboxylic acids is 1. The van der Waals surface area contributed by atoms with Gasteiger partial charge in [0.25, 0.3) is 0 Å². The third-order valence-corrected chi connectivity index (χ3v) is 3.15. The number of ether oxygens (including phenoxy) is 1. The molecule has 1 heterocycles. The van der Waals surface area contributed by atoms with E-state index in [0.29, 0.717) is 0 Å². The normalized spacial score (nSPS) is 10.1. The van der Waals surface area contributed by atoms with Crippen molar-refractivity contribution in [1.82, 2.24) is 9.97 Å². The summed E-state index contributed by atoms with van der Waals surface area (Å²) in [5.74, 6) is 0.0647. The van der Waals surface area contributed by atoms with Crippen LogP contribution in [0.15, 0.2) is 35.1 Å². The highest BCUT2D eigenvalue weighted by Gasteiger charge is 2.05. The third-order valence-electron chi connectivity index (χ3n) is 2.53. The number of nitrogens with one attached hydrogen (secondary N) is 1. The summed E-state index contributed by atoms with van der Waals surface area (Å²) >= 11 is 3.42. The van der Waals surface area contributed by atoms with Gasteiger partial charge in [0, 0.05) is 18.0 Å². The summed E-state index contributed by atoms with van der Waals surface area (Å²) in [5.41, 5.74) is 1.76. The molecule has 0 saturated heterocycles.